The van der Waals surface area contributed by atoms with Gasteiger partial charge in [-0.3, -0.25) is 0 Å². The fourth-order valence-electron chi connectivity index (χ4n) is 1.91. The third kappa shape index (κ3) is 2.72. The zero-order chi connectivity index (χ0) is 13.3. The number of fused-ring (bicyclic) bond motifs is 1. The minimum Gasteiger partial charge on any atom is -0.530 e. The summed E-state index contributed by atoms with van der Waals surface area (Å²) >= 11 is 0. The predicted molar refractivity (Wildman–Crippen MR) is 78.6 cm³/mol. The standard InChI is InChI=1S/C15H20NOSi/c1-15(2,3)12-10-11-8-6-7-9-13(11)16-14(12)17-18(4)5/h6-10H,1-5H3. The fourth-order valence-corrected chi connectivity index (χ4v) is 2.45. The summed E-state index contributed by atoms with van der Waals surface area (Å²) in [5.41, 5.74) is 2.24. The van der Waals surface area contributed by atoms with Gasteiger partial charge in [0.2, 0.25) is 5.88 Å². The van der Waals surface area contributed by atoms with Gasteiger partial charge in [0, 0.05) is 10.9 Å². The van der Waals surface area contributed by atoms with E-state index in [1.807, 2.05) is 18.2 Å². The second kappa shape index (κ2) is 4.73. The van der Waals surface area contributed by atoms with Crippen molar-refractivity contribution >= 4 is 19.9 Å². The van der Waals surface area contributed by atoms with Crippen molar-refractivity contribution in [1.29, 1.82) is 0 Å². The second-order valence-electron chi connectivity index (χ2n) is 5.79. The van der Waals surface area contributed by atoms with E-state index in [4.69, 9.17) is 4.43 Å². The Morgan fingerprint density at radius 3 is 2.39 bits per heavy atom. The summed E-state index contributed by atoms with van der Waals surface area (Å²) in [6, 6.07) is 10.4. The van der Waals surface area contributed by atoms with Crippen LogP contribution in [0.1, 0.15) is 26.3 Å². The van der Waals surface area contributed by atoms with Gasteiger partial charge in [0.15, 0.2) is 0 Å². The lowest BCUT2D eigenvalue weighted by Gasteiger charge is -2.23. The fraction of sp³-hybridized carbons (Fsp3) is 0.400. The van der Waals surface area contributed by atoms with Crippen molar-refractivity contribution in [2.45, 2.75) is 39.3 Å². The number of pyridine rings is 1. The van der Waals surface area contributed by atoms with Crippen molar-refractivity contribution in [3.8, 4) is 5.88 Å². The minimum atomic E-state index is -0.799. The SMILES string of the molecule is C[Si](C)Oc1nc2ccccc2cc1C(C)(C)C. The minimum absolute atomic E-state index is 0.0453. The molecule has 18 heavy (non-hydrogen) atoms. The van der Waals surface area contributed by atoms with E-state index < -0.39 is 9.04 Å². The Morgan fingerprint density at radius 1 is 1.11 bits per heavy atom. The molecule has 0 spiro atoms. The number of hydrogen-bond acceptors (Lipinski definition) is 2. The summed E-state index contributed by atoms with van der Waals surface area (Å²) in [4.78, 5) is 4.69. The molecule has 1 aromatic carbocycles. The molecule has 0 aliphatic heterocycles. The van der Waals surface area contributed by atoms with Gasteiger partial charge in [0.25, 0.3) is 9.04 Å². The number of rotatable bonds is 2. The normalized spacial score (nSPS) is 12.1. The first-order valence-electron chi connectivity index (χ1n) is 6.26. The summed E-state index contributed by atoms with van der Waals surface area (Å²) in [6.07, 6.45) is 0. The van der Waals surface area contributed by atoms with E-state index >= 15 is 0 Å². The number of benzene rings is 1. The zero-order valence-electron chi connectivity index (χ0n) is 11.7. The molecule has 0 saturated carbocycles. The average Bonchev–Trinajstić information content (AvgIpc) is 2.26. The van der Waals surface area contributed by atoms with Crippen LogP contribution >= 0.6 is 0 Å². The molecule has 0 aliphatic carbocycles. The Morgan fingerprint density at radius 2 is 1.78 bits per heavy atom. The number of hydrogen-bond donors (Lipinski definition) is 0. The summed E-state index contributed by atoms with van der Waals surface area (Å²) < 4.78 is 5.97. The van der Waals surface area contributed by atoms with E-state index in [1.165, 1.54) is 10.9 Å². The van der Waals surface area contributed by atoms with Crippen LogP contribution in [-0.4, -0.2) is 14.0 Å². The highest BCUT2D eigenvalue weighted by atomic mass is 28.3. The average molecular weight is 258 g/mol. The zero-order valence-corrected chi connectivity index (χ0v) is 12.7. The first-order chi connectivity index (χ1) is 8.38. The lowest BCUT2D eigenvalue weighted by atomic mass is 9.87. The molecule has 2 nitrogen and oxygen atoms in total. The summed E-state index contributed by atoms with van der Waals surface area (Å²) in [5, 5.41) is 1.18. The molecule has 3 heteroatoms. The molecule has 2 aromatic rings. The first-order valence-corrected chi connectivity index (χ1v) is 8.67. The van der Waals surface area contributed by atoms with Crippen LogP contribution < -0.4 is 4.43 Å². The quantitative estimate of drug-likeness (QED) is 0.755. The third-order valence-corrected chi connectivity index (χ3v) is 3.40. The van der Waals surface area contributed by atoms with Gasteiger partial charge in [0.05, 0.1) is 5.52 Å². The molecule has 0 aliphatic rings. The maximum Gasteiger partial charge on any atom is 0.276 e. The molecule has 2 rings (SSSR count). The molecular formula is C15H20NOSi. The van der Waals surface area contributed by atoms with Gasteiger partial charge in [-0.2, -0.15) is 0 Å². The van der Waals surface area contributed by atoms with Gasteiger partial charge in [-0.1, -0.05) is 39.0 Å². The van der Waals surface area contributed by atoms with Crippen LogP contribution in [0.25, 0.3) is 10.9 Å². The van der Waals surface area contributed by atoms with Crippen molar-refractivity contribution in [3.05, 3.63) is 35.9 Å². The second-order valence-corrected chi connectivity index (χ2v) is 7.81. The van der Waals surface area contributed by atoms with Crippen LogP contribution in [0.2, 0.25) is 13.1 Å². The van der Waals surface area contributed by atoms with Crippen LogP contribution in [0, 0.1) is 0 Å². The summed E-state index contributed by atoms with van der Waals surface area (Å²) in [5.74, 6) is 0.806. The van der Waals surface area contributed by atoms with Crippen molar-refractivity contribution in [2.24, 2.45) is 0 Å². The molecular weight excluding hydrogens is 238 g/mol. The Hall–Kier alpha value is -1.35. The van der Waals surface area contributed by atoms with Crippen LogP contribution in [0.3, 0.4) is 0 Å². The summed E-state index contributed by atoms with van der Waals surface area (Å²) in [7, 11) is -0.799. The molecule has 1 aromatic heterocycles. The molecule has 0 fully saturated rings. The van der Waals surface area contributed by atoms with Gasteiger partial charge < -0.3 is 4.43 Å². The molecule has 0 unspecified atom stereocenters. The maximum absolute atomic E-state index is 5.97. The molecule has 0 atom stereocenters. The van der Waals surface area contributed by atoms with E-state index in [9.17, 15) is 0 Å². The molecule has 0 saturated heterocycles. The molecule has 0 N–H and O–H groups in total. The van der Waals surface area contributed by atoms with Gasteiger partial charge in [-0.15, -0.1) is 0 Å². The van der Waals surface area contributed by atoms with E-state index in [0.29, 0.717) is 0 Å². The lowest BCUT2D eigenvalue weighted by Crippen LogP contribution is -2.19. The molecule has 95 valence electrons. The van der Waals surface area contributed by atoms with Gasteiger partial charge >= 0.3 is 0 Å². The summed E-state index contributed by atoms with van der Waals surface area (Å²) in [6.45, 7) is 10.9. The van der Waals surface area contributed by atoms with E-state index in [-0.39, 0.29) is 5.41 Å². The van der Waals surface area contributed by atoms with E-state index in [2.05, 4.69) is 51.0 Å². The van der Waals surface area contributed by atoms with Gasteiger partial charge in [-0.25, -0.2) is 4.98 Å². The monoisotopic (exact) mass is 258 g/mol. The van der Waals surface area contributed by atoms with Crippen LogP contribution in [0.4, 0.5) is 0 Å². The topological polar surface area (TPSA) is 22.1 Å². The largest absolute Gasteiger partial charge is 0.530 e. The van der Waals surface area contributed by atoms with E-state index in [0.717, 1.165) is 11.4 Å². The van der Waals surface area contributed by atoms with E-state index in [1.54, 1.807) is 0 Å². The van der Waals surface area contributed by atoms with Crippen molar-refractivity contribution in [1.82, 2.24) is 4.98 Å². The Bertz CT molecular complexity index is 558. The maximum atomic E-state index is 5.97. The van der Waals surface area contributed by atoms with Gasteiger partial charge in [-0.05, 0) is 30.6 Å². The Labute approximate surface area is 111 Å². The highest BCUT2D eigenvalue weighted by Crippen LogP contribution is 2.32. The predicted octanol–water partition coefficient (Wildman–Crippen LogP) is 4.16. The lowest BCUT2D eigenvalue weighted by molar-refractivity contribution is 0.505. The number of nitrogens with zero attached hydrogens (tertiary/aromatic N) is 1. The van der Waals surface area contributed by atoms with Crippen LogP contribution in [-0.2, 0) is 5.41 Å². The molecule has 0 bridgehead atoms. The third-order valence-electron chi connectivity index (χ3n) is 2.80. The highest BCUT2D eigenvalue weighted by molar-refractivity contribution is 6.49. The van der Waals surface area contributed by atoms with Crippen LogP contribution in [0.15, 0.2) is 30.3 Å². The molecule has 1 radical (unpaired) electrons. The number of para-hydroxylation sites is 1. The van der Waals surface area contributed by atoms with Crippen molar-refractivity contribution < 1.29 is 4.43 Å². The Balaban J connectivity index is 2.64. The van der Waals surface area contributed by atoms with Gasteiger partial charge in [0.1, 0.15) is 0 Å². The molecule has 0 amide bonds. The van der Waals surface area contributed by atoms with Crippen molar-refractivity contribution in [2.75, 3.05) is 0 Å². The van der Waals surface area contributed by atoms with Crippen LogP contribution in [0.5, 0.6) is 5.88 Å². The smallest absolute Gasteiger partial charge is 0.276 e. The first kappa shape index (κ1) is 13.1. The number of aromatic nitrogens is 1. The Kier molecular flexibility index (Phi) is 3.44. The highest BCUT2D eigenvalue weighted by Gasteiger charge is 2.21. The molecule has 1 heterocycles. The van der Waals surface area contributed by atoms with Crippen molar-refractivity contribution in [3.63, 3.8) is 0 Å².